The van der Waals surface area contributed by atoms with Gasteiger partial charge in [0.05, 0.1) is 23.5 Å². The van der Waals surface area contributed by atoms with Gasteiger partial charge in [-0.25, -0.2) is 4.39 Å². The van der Waals surface area contributed by atoms with Crippen molar-refractivity contribution in [3.05, 3.63) is 22.4 Å². The maximum absolute atomic E-state index is 16.0. The van der Waals surface area contributed by atoms with Crippen molar-refractivity contribution in [2.45, 2.75) is 57.0 Å². The number of piperidine rings is 1. The molecule has 1 fully saturated rings. The molecule has 1 aliphatic rings. The lowest BCUT2D eigenvalue weighted by molar-refractivity contribution is -0.124. The molecule has 1 aromatic heterocycles. The molecule has 0 aliphatic carbocycles. The zero-order valence-electron chi connectivity index (χ0n) is 14.1. The van der Waals surface area contributed by atoms with Crippen molar-refractivity contribution < 1.29 is 19.0 Å². The smallest absolute Gasteiger partial charge is 0.196 e. The van der Waals surface area contributed by atoms with Gasteiger partial charge in [0.25, 0.3) is 0 Å². The lowest BCUT2D eigenvalue weighted by Crippen LogP contribution is -2.71. The van der Waals surface area contributed by atoms with Gasteiger partial charge in [0.2, 0.25) is 0 Å². The number of rotatable bonds is 4. The van der Waals surface area contributed by atoms with Crippen LogP contribution in [0.1, 0.15) is 39.8 Å². The molecule has 5 nitrogen and oxygen atoms in total. The number of aliphatic hydroxyl groups excluding tert-OH is 1. The molecule has 0 unspecified atom stereocenters. The van der Waals surface area contributed by atoms with Crippen molar-refractivity contribution >= 4 is 15.9 Å². The first-order valence-corrected chi connectivity index (χ1v) is 8.27. The predicted octanol–water partition coefficient (Wildman–Crippen LogP) is 2.90. The highest BCUT2D eigenvalue weighted by Gasteiger charge is 2.60. The maximum atomic E-state index is 16.0. The summed E-state index contributed by atoms with van der Waals surface area (Å²) in [6, 6.07) is 1.63. The van der Waals surface area contributed by atoms with E-state index in [2.05, 4.69) is 26.2 Å². The van der Waals surface area contributed by atoms with E-state index in [0.717, 1.165) is 0 Å². The van der Waals surface area contributed by atoms with Crippen LogP contribution >= 0.6 is 15.9 Å². The van der Waals surface area contributed by atoms with Crippen LogP contribution < -0.4 is 10.1 Å². The molecule has 130 valence electrons. The second-order valence-electron chi connectivity index (χ2n) is 7.12. The molecule has 1 aromatic rings. The highest BCUT2D eigenvalue weighted by Crippen LogP contribution is 2.48. The first-order chi connectivity index (χ1) is 10.5. The molecule has 0 radical (unpaired) electrons. The Bertz CT molecular complexity index is 582. The molecular formula is C16H24BrFN2O3. The van der Waals surface area contributed by atoms with E-state index in [0.29, 0.717) is 10.2 Å². The average molecular weight is 391 g/mol. The van der Waals surface area contributed by atoms with Crippen LogP contribution in [0.4, 0.5) is 4.39 Å². The number of methoxy groups -OCH3 is 1. The van der Waals surface area contributed by atoms with Crippen molar-refractivity contribution in [1.82, 2.24) is 10.3 Å². The van der Waals surface area contributed by atoms with E-state index >= 15 is 4.39 Å². The van der Waals surface area contributed by atoms with Gasteiger partial charge in [-0.3, -0.25) is 4.98 Å². The zero-order valence-corrected chi connectivity index (χ0v) is 15.7. The van der Waals surface area contributed by atoms with Crippen LogP contribution in [-0.4, -0.2) is 41.2 Å². The fourth-order valence-electron chi connectivity index (χ4n) is 3.38. The van der Waals surface area contributed by atoms with Crippen molar-refractivity contribution in [2.75, 3.05) is 13.9 Å². The van der Waals surface area contributed by atoms with Crippen molar-refractivity contribution in [2.24, 2.45) is 0 Å². The van der Waals surface area contributed by atoms with Crippen LogP contribution in [0.15, 0.2) is 16.7 Å². The monoisotopic (exact) mass is 390 g/mol. The number of hydrogen-bond donors (Lipinski definition) is 2. The number of ether oxygens (including phenoxy) is 2. The fraction of sp³-hybridized carbons (Fsp3) is 0.688. The third-order valence-electron chi connectivity index (χ3n) is 4.23. The molecule has 23 heavy (non-hydrogen) atoms. The van der Waals surface area contributed by atoms with E-state index in [1.165, 1.54) is 13.3 Å². The van der Waals surface area contributed by atoms with E-state index in [1.807, 2.05) is 13.8 Å². The summed E-state index contributed by atoms with van der Waals surface area (Å²) < 4.78 is 26.6. The molecule has 2 rings (SSSR count). The molecule has 0 bridgehead atoms. The van der Waals surface area contributed by atoms with Gasteiger partial charge in [-0.05, 0) is 56.1 Å². The summed E-state index contributed by atoms with van der Waals surface area (Å²) in [5, 5.41) is 13.8. The Balaban J connectivity index is 2.42. The SMILES string of the molecule is COCOc1cnc([C@@]2(F)[C@@H](O)CC(C)(C)NC2(C)C)c(Br)c1. The largest absolute Gasteiger partial charge is 0.466 e. The molecule has 0 saturated carbocycles. The first-order valence-electron chi connectivity index (χ1n) is 7.47. The zero-order chi connectivity index (χ0) is 17.5. The Labute approximate surface area is 144 Å². The molecule has 2 atom stereocenters. The number of nitrogens with zero attached hydrogens (tertiary/aromatic N) is 1. The van der Waals surface area contributed by atoms with Crippen LogP contribution in [-0.2, 0) is 10.4 Å². The third-order valence-corrected chi connectivity index (χ3v) is 4.83. The second kappa shape index (κ2) is 6.27. The van der Waals surface area contributed by atoms with Gasteiger partial charge in [-0.2, -0.15) is 0 Å². The van der Waals surface area contributed by atoms with Gasteiger partial charge in [-0.1, -0.05) is 0 Å². The van der Waals surface area contributed by atoms with Crippen LogP contribution in [0.2, 0.25) is 0 Å². The minimum Gasteiger partial charge on any atom is -0.466 e. The molecule has 0 spiro atoms. The van der Waals surface area contributed by atoms with Gasteiger partial charge in [0.1, 0.15) is 5.75 Å². The van der Waals surface area contributed by atoms with Crippen LogP contribution in [0.3, 0.4) is 0 Å². The normalized spacial score (nSPS) is 29.3. The molecule has 1 saturated heterocycles. The number of aliphatic hydroxyl groups is 1. The standard InChI is InChI=1S/C16H24BrFN2O3/c1-14(2)7-12(21)16(18,15(3,4)20-14)13-11(17)6-10(8-19-13)23-9-22-5/h6,8,12,20-21H,7,9H2,1-5H3/t12-,16-/m0/s1. The molecule has 7 heteroatoms. The van der Waals surface area contributed by atoms with Gasteiger partial charge in [0, 0.05) is 17.1 Å². The molecule has 0 aromatic carbocycles. The highest BCUT2D eigenvalue weighted by atomic mass is 79.9. The van der Waals surface area contributed by atoms with Crippen LogP contribution in [0, 0.1) is 0 Å². The third kappa shape index (κ3) is 3.38. The number of pyridine rings is 1. The Morgan fingerprint density at radius 1 is 1.43 bits per heavy atom. The van der Waals surface area contributed by atoms with E-state index in [-0.39, 0.29) is 24.4 Å². The van der Waals surface area contributed by atoms with Crippen molar-refractivity contribution in [3.63, 3.8) is 0 Å². The van der Waals surface area contributed by atoms with Gasteiger partial charge >= 0.3 is 0 Å². The van der Waals surface area contributed by atoms with E-state index < -0.39 is 17.3 Å². The molecule has 1 aliphatic heterocycles. The molecule has 2 N–H and O–H groups in total. The molecule has 2 heterocycles. The summed E-state index contributed by atoms with van der Waals surface area (Å²) in [5.74, 6) is 0.461. The maximum Gasteiger partial charge on any atom is 0.196 e. The average Bonchev–Trinajstić information content (AvgIpc) is 2.41. The fourth-order valence-corrected chi connectivity index (χ4v) is 3.99. The number of nitrogens with one attached hydrogen (secondary N) is 1. The lowest BCUT2D eigenvalue weighted by atomic mass is 9.68. The van der Waals surface area contributed by atoms with Crippen LogP contribution in [0.5, 0.6) is 5.75 Å². The Hall–Kier alpha value is -0.760. The summed E-state index contributed by atoms with van der Waals surface area (Å²) >= 11 is 3.36. The Morgan fingerprint density at radius 2 is 2.09 bits per heavy atom. The molecular weight excluding hydrogens is 367 g/mol. The lowest BCUT2D eigenvalue weighted by Gasteiger charge is -2.53. The van der Waals surface area contributed by atoms with Crippen molar-refractivity contribution in [1.29, 1.82) is 0 Å². The minimum absolute atomic E-state index is 0.0814. The van der Waals surface area contributed by atoms with Gasteiger partial charge in [-0.15, -0.1) is 0 Å². The predicted molar refractivity (Wildman–Crippen MR) is 89.1 cm³/mol. The summed E-state index contributed by atoms with van der Waals surface area (Å²) in [6.07, 6.45) is 0.537. The summed E-state index contributed by atoms with van der Waals surface area (Å²) in [4.78, 5) is 4.22. The van der Waals surface area contributed by atoms with Crippen LogP contribution in [0.25, 0.3) is 0 Å². The summed E-state index contributed by atoms with van der Waals surface area (Å²) in [6.45, 7) is 7.45. The summed E-state index contributed by atoms with van der Waals surface area (Å²) in [5.41, 5.74) is -3.26. The van der Waals surface area contributed by atoms with Gasteiger partial charge < -0.3 is 19.9 Å². The number of halogens is 2. The number of alkyl halides is 1. The number of aromatic nitrogens is 1. The highest BCUT2D eigenvalue weighted by molar-refractivity contribution is 9.10. The second-order valence-corrected chi connectivity index (χ2v) is 7.97. The van der Waals surface area contributed by atoms with Crippen molar-refractivity contribution in [3.8, 4) is 5.75 Å². The Morgan fingerprint density at radius 3 is 2.61 bits per heavy atom. The molecule has 0 amide bonds. The minimum atomic E-state index is -2.04. The Kier molecular flexibility index (Phi) is 5.07. The summed E-state index contributed by atoms with van der Waals surface area (Å²) in [7, 11) is 1.52. The van der Waals surface area contributed by atoms with E-state index in [4.69, 9.17) is 9.47 Å². The van der Waals surface area contributed by atoms with Gasteiger partial charge in [0.15, 0.2) is 12.5 Å². The van der Waals surface area contributed by atoms with E-state index in [1.54, 1.807) is 19.9 Å². The van der Waals surface area contributed by atoms with E-state index in [9.17, 15) is 5.11 Å². The first kappa shape index (κ1) is 18.6. The topological polar surface area (TPSA) is 63.6 Å². The number of hydrogen-bond acceptors (Lipinski definition) is 5. The quantitative estimate of drug-likeness (QED) is 0.773.